The number of benzene rings is 6. The summed E-state index contributed by atoms with van der Waals surface area (Å²) in [7, 11) is -0.953. The van der Waals surface area contributed by atoms with Crippen molar-refractivity contribution < 1.29 is 9.47 Å². The Labute approximate surface area is 251 Å². The van der Waals surface area contributed by atoms with Crippen molar-refractivity contribution in [2.75, 3.05) is 25.5 Å². The molecule has 208 valence electrons. The van der Waals surface area contributed by atoms with E-state index in [0.717, 1.165) is 29.2 Å². The van der Waals surface area contributed by atoms with Crippen LogP contribution in [-0.4, -0.2) is 25.5 Å². The predicted molar refractivity (Wildman–Crippen MR) is 183 cm³/mol. The molecule has 0 saturated carbocycles. The van der Waals surface area contributed by atoms with Gasteiger partial charge >= 0.3 is 0 Å². The number of hydrogen-bond acceptors (Lipinski definition) is 2. The second-order valence-corrected chi connectivity index (χ2v) is 14.7. The molecule has 0 aliphatic heterocycles. The summed E-state index contributed by atoms with van der Waals surface area (Å²) in [4.78, 5) is 0. The van der Waals surface area contributed by atoms with Gasteiger partial charge in [0.05, 0.1) is 13.2 Å². The van der Waals surface area contributed by atoms with Gasteiger partial charge in [0.1, 0.15) is 11.5 Å². The van der Waals surface area contributed by atoms with Crippen molar-refractivity contribution in [3.8, 4) is 11.5 Å². The van der Waals surface area contributed by atoms with E-state index in [2.05, 4.69) is 158 Å². The quantitative estimate of drug-likeness (QED) is 0.136. The summed E-state index contributed by atoms with van der Waals surface area (Å²) >= 11 is 0. The molecule has 0 aliphatic rings. The van der Waals surface area contributed by atoms with E-state index in [1.807, 2.05) is 0 Å². The normalized spacial score (nSPS) is 11.2. The Morgan fingerprint density at radius 2 is 0.690 bits per heavy atom. The molecule has 0 unspecified atom stereocenters. The molecular formula is C38H34O2P2. The lowest BCUT2D eigenvalue weighted by Gasteiger charge is -2.19. The van der Waals surface area contributed by atoms with Crippen LogP contribution in [0.2, 0.25) is 0 Å². The zero-order valence-electron chi connectivity index (χ0n) is 23.6. The van der Waals surface area contributed by atoms with Gasteiger partial charge in [-0.25, -0.2) is 0 Å². The molecule has 0 spiro atoms. The Balaban J connectivity index is 1.10. The fraction of sp³-hybridized carbons (Fsp3) is 0.105. The third-order valence-corrected chi connectivity index (χ3v) is 12.2. The topological polar surface area (TPSA) is 18.5 Å². The first-order chi connectivity index (χ1) is 20.8. The predicted octanol–water partition coefficient (Wildman–Crippen LogP) is 7.86. The molecule has 0 atom stereocenters. The first kappa shape index (κ1) is 28.2. The lowest BCUT2D eigenvalue weighted by atomic mass is 10.1. The lowest BCUT2D eigenvalue weighted by molar-refractivity contribution is 0.342. The molecule has 0 radical (unpaired) electrons. The zero-order valence-corrected chi connectivity index (χ0v) is 25.3. The Hall–Kier alpha value is -3.96. The monoisotopic (exact) mass is 584 g/mol. The van der Waals surface area contributed by atoms with Gasteiger partial charge in [0, 0.05) is 12.3 Å². The van der Waals surface area contributed by atoms with Crippen LogP contribution >= 0.6 is 15.8 Å². The van der Waals surface area contributed by atoms with E-state index in [9.17, 15) is 0 Å². The van der Waals surface area contributed by atoms with Gasteiger partial charge in [0.25, 0.3) is 0 Å². The van der Waals surface area contributed by atoms with Gasteiger partial charge in [-0.2, -0.15) is 0 Å². The third kappa shape index (κ3) is 7.27. The fourth-order valence-corrected chi connectivity index (χ4v) is 9.44. The van der Waals surface area contributed by atoms with Crippen LogP contribution in [0, 0.1) is 0 Å². The highest BCUT2D eigenvalue weighted by molar-refractivity contribution is 7.73. The van der Waals surface area contributed by atoms with Crippen molar-refractivity contribution in [1.82, 2.24) is 0 Å². The van der Waals surface area contributed by atoms with E-state index >= 15 is 0 Å². The van der Waals surface area contributed by atoms with Crippen molar-refractivity contribution in [1.29, 1.82) is 0 Å². The molecule has 0 heterocycles. The molecule has 0 bridgehead atoms. The van der Waals surface area contributed by atoms with E-state index in [-0.39, 0.29) is 0 Å². The van der Waals surface area contributed by atoms with Gasteiger partial charge in [-0.3, -0.25) is 0 Å². The zero-order chi connectivity index (χ0) is 28.4. The maximum atomic E-state index is 6.32. The summed E-state index contributed by atoms with van der Waals surface area (Å²) in [5.41, 5.74) is 0. The highest BCUT2D eigenvalue weighted by atomic mass is 31.1. The van der Waals surface area contributed by atoms with Crippen LogP contribution in [0.5, 0.6) is 11.5 Å². The van der Waals surface area contributed by atoms with Gasteiger partial charge in [0.15, 0.2) is 0 Å². The number of ether oxygens (including phenoxy) is 2. The molecule has 0 aromatic heterocycles. The minimum atomic E-state index is -0.477. The summed E-state index contributed by atoms with van der Waals surface area (Å²) in [6, 6.07) is 55.9. The molecule has 0 aliphatic carbocycles. The Kier molecular flexibility index (Phi) is 9.58. The molecule has 6 aromatic carbocycles. The molecule has 42 heavy (non-hydrogen) atoms. The van der Waals surface area contributed by atoms with Crippen molar-refractivity contribution >= 4 is 47.8 Å². The largest absolute Gasteiger partial charge is 0.493 e. The molecular weight excluding hydrogens is 550 g/mol. The fourth-order valence-electron chi connectivity index (χ4n) is 5.14. The summed E-state index contributed by atoms with van der Waals surface area (Å²) in [5.74, 6) is 1.79. The van der Waals surface area contributed by atoms with Crippen LogP contribution in [-0.2, 0) is 0 Å². The first-order valence-corrected chi connectivity index (χ1v) is 17.4. The maximum absolute atomic E-state index is 6.32. The number of fused-ring (bicyclic) bond motifs is 1. The van der Waals surface area contributed by atoms with Crippen LogP contribution in [0.4, 0.5) is 0 Å². The lowest BCUT2D eigenvalue weighted by Crippen LogP contribution is -2.17. The molecule has 0 fully saturated rings. The summed E-state index contributed by atoms with van der Waals surface area (Å²) in [5, 5.41) is 7.83. The van der Waals surface area contributed by atoms with Crippen LogP contribution in [0.15, 0.2) is 158 Å². The SMILES string of the molecule is c1ccc(P(CCOc2ccc3ccc(OCCP(c4ccccc4)c4ccccc4)cc3c2)c2ccccc2)cc1. The highest BCUT2D eigenvalue weighted by Crippen LogP contribution is 2.35. The molecule has 6 rings (SSSR count). The molecule has 0 N–H and O–H groups in total. The number of rotatable bonds is 12. The molecule has 4 heteroatoms. The smallest absolute Gasteiger partial charge is 0.119 e. The summed E-state index contributed by atoms with van der Waals surface area (Å²) in [6.07, 6.45) is 1.94. The van der Waals surface area contributed by atoms with E-state index in [1.165, 1.54) is 26.6 Å². The van der Waals surface area contributed by atoms with Crippen LogP contribution in [0.25, 0.3) is 10.8 Å². The van der Waals surface area contributed by atoms with Crippen molar-refractivity contribution in [2.45, 2.75) is 0 Å². The average molecular weight is 585 g/mol. The Morgan fingerprint density at radius 3 is 1.02 bits per heavy atom. The van der Waals surface area contributed by atoms with Crippen molar-refractivity contribution in [3.05, 3.63) is 158 Å². The van der Waals surface area contributed by atoms with Crippen LogP contribution < -0.4 is 30.7 Å². The van der Waals surface area contributed by atoms with Gasteiger partial charge in [-0.15, -0.1) is 0 Å². The second-order valence-electron chi connectivity index (χ2n) is 10.0. The van der Waals surface area contributed by atoms with Gasteiger partial charge in [-0.1, -0.05) is 133 Å². The molecule has 6 aromatic rings. The van der Waals surface area contributed by atoms with E-state index in [1.54, 1.807) is 0 Å². The Morgan fingerprint density at radius 1 is 0.357 bits per heavy atom. The molecule has 2 nitrogen and oxygen atoms in total. The third-order valence-electron chi connectivity index (χ3n) is 7.22. The van der Waals surface area contributed by atoms with Crippen LogP contribution in [0.1, 0.15) is 0 Å². The maximum Gasteiger partial charge on any atom is 0.119 e. The van der Waals surface area contributed by atoms with Crippen molar-refractivity contribution in [3.63, 3.8) is 0 Å². The Bertz CT molecular complexity index is 1470. The minimum Gasteiger partial charge on any atom is -0.493 e. The molecule has 0 saturated heterocycles. The highest BCUT2D eigenvalue weighted by Gasteiger charge is 2.15. The number of hydrogen-bond donors (Lipinski definition) is 0. The van der Waals surface area contributed by atoms with Gasteiger partial charge in [-0.05, 0) is 72.1 Å². The second kappa shape index (κ2) is 14.3. The van der Waals surface area contributed by atoms with Gasteiger partial charge < -0.3 is 9.47 Å². The van der Waals surface area contributed by atoms with E-state index < -0.39 is 15.8 Å². The first-order valence-electron chi connectivity index (χ1n) is 14.4. The summed E-state index contributed by atoms with van der Waals surface area (Å²) in [6.45, 7) is 1.33. The van der Waals surface area contributed by atoms with E-state index in [0.29, 0.717) is 13.2 Å². The summed E-state index contributed by atoms with van der Waals surface area (Å²) < 4.78 is 12.6. The van der Waals surface area contributed by atoms with Gasteiger partial charge in [0.2, 0.25) is 0 Å². The average Bonchev–Trinajstić information content (AvgIpc) is 3.06. The van der Waals surface area contributed by atoms with E-state index in [4.69, 9.17) is 9.47 Å². The van der Waals surface area contributed by atoms with Crippen molar-refractivity contribution in [2.24, 2.45) is 0 Å². The van der Waals surface area contributed by atoms with Crippen LogP contribution in [0.3, 0.4) is 0 Å². The minimum absolute atomic E-state index is 0.477. The standard InChI is InChI=1S/C38H34O2P2/c1-5-13-35(14-6-1)41(36-15-7-2-8-16-36)27-25-39-33-23-21-31-22-24-34(30-32(31)29-33)40-26-28-42(37-17-9-3-10-18-37)38-19-11-4-12-20-38/h1-24,29-30H,25-28H2. The molecule has 0 amide bonds.